The first-order valence-electron chi connectivity index (χ1n) is 23.0. The number of fused-ring (bicyclic) bond motifs is 7. The predicted octanol–water partition coefficient (Wildman–Crippen LogP) is 9.33. The minimum Gasteiger partial charge on any atom is -0.508 e. The van der Waals surface area contributed by atoms with E-state index in [0.717, 1.165) is 57.9 Å². The van der Waals surface area contributed by atoms with Gasteiger partial charge in [-0.3, -0.25) is 9.80 Å². The second-order valence-electron chi connectivity index (χ2n) is 18.7. The molecular weight excluding hydrogens is 810 g/mol. The number of aromatic nitrogens is 3. The van der Waals surface area contributed by atoms with Gasteiger partial charge in [0.05, 0.1) is 28.7 Å². The number of terminal acetylenes is 1. The Hall–Kier alpha value is -5.13. The van der Waals surface area contributed by atoms with E-state index in [2.05, 4.69) is 34.5 Å². The molecule has 11 nitrogen and oxygen atoms in total. The number of pyridine rings is 1. The highest BCUT2D eigenvalue weighted by molar-refractivity contribution is 6.03. The summed E-state index contributed by atoms with van der Waals surface area (Å²) in [5, 5.41) is 12.1. The summed E-state index contributed by atoms with van der Waals surface area (Å²) < 4.78 is 65.8. The van der Waals surface area contributed by atoms with Crippen molar-refractivity contribution in [3.05, 3.63) is 69.3 Å². The molecule has 5 aliphatic rings. The first-order chi connectivity index (χ1) is 30.6. The molecule has 0 spiro atoms. The molecule has 5 aromatic rings. The van der Waals surface area contributed by atoms with Gasteiger partial charge in [0, 0.05) is 55.0 Å². The number of unbranched alkanes of at least 4 members (excludes halogenated alkanes) is 5. The zero-order valence-corrected chi connectivity index (χ0v) is 36.1. The number of piperazine rings is 1. The Morgan fingerprint density at radius 3 is 2.63 bits per heavy atom. The van der Waals surface area contributed by atoms with E-state index in [-0.39, 0.29) is 70.1 Å². The molecule has 10 rings (SSSR count). The molecule has 3 aromatic heterocycles. The normalized spacial score (nSPS) is 25.7. The third-order valence-electron chi connectivity index (χ3n) is 14.8. The van der Waals surface area contributed by atoms with E-state index in [1.54, 1.807) is 0 Å². The van der Waals surface area contributed by atoms with Crippen molar-refractivity contribution in [2.45, 2.75) is 146 Å². The van der Waals surface area contributed by atoms with Crippen LogP contribution in [0, 0.1) is 24.0 Å². The Balaban J connectivity index is 1.06. The zero-order chi connectivity index (χ0) is 43.6. The molecule has 0 unspecified atom stereocenters. The van der Waals surface area contributed by atoms with E-state index in [1.165, 1.54) is 43.5 Å². The zero-order valence-electron chi connectivity index (χ0n) is 36.1. The molecular formula is C49H55F3N6O5. The van der Waals surface area contributed by atoms with E-state index in [4.69, 9.17) is 34.9 Å². The van der Waals surface area contributed by atoms with Crippen molar-refractivity contribution >= 4 is 27.5 Å². The van der Waals surface area contributed by atoms with Crippen LogP contribution in [0.2, 0.25) is 0 Å². The standard InChI is InChI=1S/C49H55F3N6O5/c1-4-6-7-8-9-10-12-38-39(63-48(60)62-38)26-57-31-15-18-36(57)37-17-13-28(3)43-41-45(42(52)44(53-43)34-22-32(59)21-29-14-16-35(51)33(5-2)40(29)34)54-47(55-46(41)58(37)25-31)61-27-49-19-11-20-56(49)24-30(50)23-49/h2,14,16,21-22,28,30-31,36-37,59H,4,6-13,15,17-20,23-27H2,1,3H3/t28-,30-,31-,36+,37-,49+/m1/s1. The minimum absolute atomic E-state index is 0.00232. The van der Waals surface area contributed by atoms with Crippen LogP contribution in [0.15, 0.2) is 37.9 Å². The number of aryl methyl sites for hydroxylation is 1. The van der Waals surface area contributed by atoms with Crippen LogP contribution in [0.4, 0.5) is 19.0 Å². The van der Waals surface area contributed by atoms with Crippen molar-refractivity contribution < 1.29 is 31.8 Å². The number of rotatable bonds is 13. The lowest BCUT2D eigenvalue weighted by Crippen LogP contribution is -2.60. The van der Waals surface area contributed by atoms with Gasteiger partial charge >= 0.3 is 11.8 Å². The molecule has 0 saturated carbocycles. The van der Waals surface area contributed by atoms with Gasteiger partial charge in [-0.2, -0.15) is 9.97 Å². The Morgan fingerprint density at radius 1 is 0.984 bits per heavy atom. The van der Waals surface area contributed by atoms with E-state index in [1.807, 2.05) is 0 Å². The van der Waals surface area contributed by atoms with Crippen molar-refractivity contribution in [1.29, 1.82) is 0 Å². The lowest BCUT2D eigenvalue weighted by atomic mass is 9.87. The van der Waals surface area contributed by atoms with Crippen LogP contribution in [-0.4, -0.2) is 85.9 Å². The van der Waals surface area contributed by atoms with Crippen LogP contribution >= 0.6 is 0 Å². The number of hydrogen-bond donors (Lipinski definition) is 1. The summed E-state index contributed by atoms with van der Waals surface area (Å²) in [6.07, 6.45) is 17.7. The minimum atomic E-state index is -0.959. The molecule has 0 radical (unpaired) electrons. The number of alkyl halides is 1. The first-order valence-corrected chi connectivity index (χ1v) is 23.0. The Morgan fingerprint density at radius 2 is 1.79 bits per heavy atom. The van der Waals surface area contributed by atoms with Gasteiger partial charge < -0.3 is 23.6 Å². The van der Waals surface area contributed by atoms with Gasteiger partial charge in [-0.25, -0.2) is 22.9 Å². The van der Waals surface area contributed by atoms with Gasteiger partial charge in [0.2, 0.25) is 0 Å². The number of anilines is 1. The Labute approximate surface area is 365 Å². The topological polar surface area (TPSA) is 121 Å². The molecule has 63 heavy (non-hydrogen) atoms. The largest absolute Gasteiger partial charge is 0.519 e. The van der Waals surface area contributed by atoms with E-state index < -0.39 is 29.2 Å². The molecule has 2 bridgehead atoms. The second kappa shape index (κ2) is 16.8. The van der Waals surface area contributed by atoms with Gasteiger partial charge in [0.1, 0.15) is 41.4 Å². The fraction of sp³-hybridized carbons (Fsp3) is 0.551. The van der Waals surface area contributed by atoms with Crippen LogP contribution in [0.1, 0.15) is 126 Å². The van der Waals surface area contributed by atoms with Crippen molar-refractivity contribution in [1.82, 2.24) is 24.8 Å². The van der Waals surface area contributed by atoms with Gasteiger partial charge in [-0.15, -0.1) is 6.42 Å². The van der Waals surface area contributed by atoms with E-state index in [9.17, 15) is 14.3 Å². The SMILES string of the molecule is C#Cc1c(F)ccc2cc(O)cc(-c3nc4c5c(nc(OC[C@@]67CCCN6C[C@H](F)C7)nc5c3F)N3C[C@H]5CC[C@@H]([C@H]3CC[C@H]4C)N5Cc3oc(=O)oc3CCCCCCCC)c12. The number of phenols is 1. The summed E-state index contributed by atoms with van der Waals surface area (Å²) >= 11 is 0. The van der Waals surface area contributed by atoms with Crippen LogP contribution in [-0.2, 0) is 13.0 Å². The number of hydrogen-bond acceptors (Lipinski definition) is 11. The van der Waals surface area contributed by atoms with Crippen molar-refractivity contribution in [2.24, 2.45) is 0 Å². The Bertz CT molecular complexity index is 2660. The molecule has 0 amide bonds. The van der Waals surface area contributed by atoms with Crippen molar-refractivity contribution in [3.8, 4) is 35.4 Å². The van der Waals surface area contributed by atoms with Gasteiger partial charge in [0.15, 0.2) is 17.3 Å². The molecule has 1 N–H and O–H groups in total. The summed E-state index contributed by atoms with van der Waals surface area (Å²) in [5.41, 5.74) is 0.0711. The van der Waals surface area contributed by atoms with Crippen LogP contribution in [0.3, 0.4) is 0 Å². The second-order valence-corrected chi connectivity index (χ2v) is 18.7. The quantitative estimate of drug-likeness (QED) is 0.0901. The summed E-state index contributed by atoms with van der Waals surface area (Å²) in [6.45, 7) is 6.59. The third kappa shape index (κ3) is 7.42. The Kier molecular flexibility index (Phi) is 11.1. The van der Waals surface area contributed by atoms with Crippen LogP contribution in [0.25, 0.3) is 32.9 Å². The molecule has 4 saturated heterocycles. The summed E-state index contributed by atoms with van der Waals surface area (Å²) in [4.78, 5) is 34.4. The number of halogens is 3. The lowest BCUT2D eigenvalue weighted by Gasteiger charge is -2.48. The first kappa shape index (κ1) is 41.9. The number of benzene rings is 2. The molecule has 332 valence electrons. The smallest absolute Gasteiger partial charge is 0.508 e. The predicted molar refractivity (Wildman–Crippen MR) is 234 cm³/mol. The third-order valence-corrected chi connectivity index (χ3v) is 14.8. The molecule has 4 fully saturated rings. The van der Waals surface area contributed by atoms with Crippen LogP contribution in [0.5, 0.6) is 11.8 Å². The molecule has 2 aromatic carbocycles. The van der Waals surface area contributed by atoms with Gasteiger partial charge in [-0.1, -0.05) is 57.9 Å². The lowest BCUT2D eigenvalue weighted by molar-refractivity contribution is 0.106. The monoisotopic (exact) mass is 864 g/mol. The maximum absolute atomic E-state index is 17.8. The van der Waals surface area contributed by atoms with Crippen molar-refractivity contribution in [3.63, 3.8) is 0 Å². The molecule has 8 heterocycles. The highest BCUT2D eigenvalue weighted by atomic mass is 19.1. The van der Waals surface area contributed by atoms with E-state index in [0.29, 0.717) is 72.7 Å². The number of ether oxygens (including phenoxy) is 1. The molecule has 14 heteroatoms. The summed E-state index contributed by atoms with van der Waals surface area (Å²) in [5.74, 6) is 1.76. The number of phenolic OH excluding ortho intramolecular Hbond substituents is 1. The summed E-state index contributed by atoms with van der Waals surface area (Å²) in [7, 11) is 0. The highest BCUT2D eigenvalue weighted by Gasteiger charge is 2.51. The maximum atomic E-state index is 17.8. The van der Waals surface area contributed by atoms with Crippen molar-refractivity contribution in [2.75, 3.05) is 31.1 Å². The van der Waals surface area contributed by atoms with E-state index >= 15 is 8.78 Å². The average Bonchev–Trinajstić information content (AvgIpc) is 3.99. The van der Waals surface area contributed by atoms with Crippen LogP contribution < -0.4 is 15.5 Å². The summed E-state index contributed by atoms with van der Waals surface area (Å²) in [6, 6.07) is 5.68. The molecule has 6 atom stereocenters. The fourth-order valence-corrected chi connectivity index (χ4v) is 11.8. The average molecular weight is 865 g/mol. The van der Waals surface area contributed by atoms with Gasteiger partial charge in [0.25, 0.3) is 0 Å². The molecule has 5 aliphatic heterocycles. The number of aromatic hydroxyl groups is 1. The number of nitrogens with zero attached hydrogens (tertiary/aromatic N) is 6. The fourth-order valence-electron chi connectivity index (χ4n) is 11.8. The molecule has 0 aliphatic carbocycles. The van der Waals surface area contributed by atoms with Gasteiger partial charge in [-0.05, 0) is 81.0 Å². The maximum Gasteiger partial charge on any atom is 0.519 e. The highest BCUT2D eigenvalue weighted by Crippen LogP contribution is 2.48.